The summed E-state index contributed by atoms with van der Waals surface area (Å²) in [7, 11) is 0. The van der Waals surface area contributed by atoms with Crippen LogP contribution in [0.4, 0.5) is 0 Å². The first-order chi connectivity index (χ1) is 7.33. The molecule has 0 bridgehead atoms. The lowest BCUT2D eigenvalue weighted by Gasteiger charge is -2.30. The maximum absolute atomic E-state index is 12.1. The summed E-state index contributed by atoms with van der Waals surface area (Å²) in [6.45, 7) is 1.88. The summed E-state index contributed by atoms with van der Waals surface area (Å²) in [6, 6.07) is 0.0760. The van der Waals surface area contributed by atoms with Gasteiger partial charge in [0.25, 0.3) is 0 Å². The summed E-state index contributed by atoms with van der Waals surface area (Å²) < 4.78 is 0. The Hall–Kier alpha value is -0.610. The van der Waals surface area contributed by atoms with Gasteiger partial charge in [-0.25, -0.2) is 0 Å². The van der Waals surface area contributed by atoms with Gasteiger partial charge in [0.2, 0.25) is 5.91 Å². The molecule has 1 unspecified atom stereocenters. The van der Waals surface area contributed by atoms with Crippen LogP contribution in [0.15, 0.2) is 0 Å². The van der Waals surface area contributed by atoms with Crippen molar-refractivity contribution in [1.29, 1.82) is 0 Å². The molecule has 0 aromatic carbocycles. The molecule has 0 aromatic rings. The van der Waals surface area contributed by atoms with Crippen molar-refractivity contribution >= 4 is 5.91 Å². The van der Waals surface area contributed by atoms with E-state index < -0.39 is 0 Å². The molecule has 4 heteroatoms. The molecule has 0 aliphatic carbocycles. The molecule has 0 radical (unpaired) electrons. The summed E-state index contributed by atoms with van der Waals surface area (Å²) in [5, 5.41) is 12.4. The van der Waals surface area contributed by atoms with Crippen LogP contribution in [0, 0.1) is 0 Å². The summed E-state index contributed by atoms with van der Waals surface area (Å²) >= 11 is 0. The van der Waals surface area contributed by atoms with E-state index in [2.05, 4.69) is 5.32 Å². The van der Waals surface area contributed by atoms with E-state index in [0.29, 0.717) is 0 Å². The van der Waals surface area contributed by atoms with E-state index in [4.69, 9.17) is 5.11 Å². The third-order valence-corrected chi connectivity index (χ3v) is 3.48. The molecule has 4 nitrogen and oxygen atoms in total. The average molecular weight is 212 g/mol. The number of nitrogens with one attached hydrogen (secondary N) is 1. The van der Waals surface area contributed by atoms with Gasteiger partial charge in [0.05, 0.1) is 18.7 Å². The van der Waals surface area contributed by atoms with Crippen molar-refractivity contribution in [3.63, 3.8) is 0 Å². The topological polar surface area (TPSA) is 52.6 Å². The van der Waals surface area contributed by atoms with Gasteiger partial charge in [-0.1, -0.05) is 6.42 Å². The minimum atomic E-state index is 0.00546. The molecule has 86 valence electrons. The molecule has 2 saturated heterocycles. The second kappa shape index (κ2) is 4.94. The number of aliphatic hydroxyl groups is 1. The van der Waals surface area contributed by atoms with Gasteiger partial charge in [-0.3, -0.25) is 4.79 Å². The van der Waals surface area contributed by atoms with Gasteiger partial charge < -0.3 is 15.3 Å². The van der Waals surface area contributed by atoms with Gasteiger partial charge in [-0.2, -0.15) is 0 Å². The summed E-state index contributed by atoms with van der Waals surface area (Å²) in [6.07, 6.45) is 5.25. The predicted octanol–water partition coefficient (Wildman–Crippen LogP) is 0.112. The molecule has 2 heterocycles. The predicted molar refractivity (Wildman–Crippen MR) is 57.5 cm³/mol. The zero-order chi connectivity index (χ0) is 10.7. The molecular weight excluding hydrogens is 192 g/mol. The maximum atomic E-state index is 12.1. The van der Waals surface area contributed by atoms with E-state index in [1.54, 1.807) is 0 Å². The highest BCUT2D eigenvalue weighted by Crippen LogP contribution is 2.19. The van der Waals surface area contributed by atoms with Crippen molar-refractivity contribution < 1.29 is 9.90 Å². The molecule has 0 spiro atoms. The van der Waals surface area contributed by atoms with Crippen molar-refractivity contribution in [2.24, 2.45) is 0 Å². The molecule has 2 N–H and O–H groups in total. The van der Waals surface area contributed by atoms with Gasteiger partial charge in [0.1, 0.15) is 0 Å². The number of amides is 1. The SMILES string of the molecule is O=C(C1CCCCN1)N1CCC[C@@H]1CO. The summed E-state index contributed by atoms with van der Waals surface area (Å²) in [5.74, 6) is 0.200. The molecule has 2 aliphatic heterocycles. The normalized spacial score (nSPS) is 31.9. The van der Waals surface area contributed by atoms with Gasteiger partial charge in [0.15, 0.2) is 0 Å². The van der Waals surface area contributed by atoms with Crippen LogP contribution in [-0.2, 0) is 4.79 Å². The lowest BCUT2D eigenvalue weighted by Crippen LogP contribution is -2.50. The Morgan fingerprint density at radius 1 is 1.33 bits per heavy atom. The number of piperidine rings is 1. The first-order valence-corrected chi connectivity index (χ1v) is 5.97. The fourth-order valence-corrected chi connectivity index (χ4v) is 2.58. The van der Waals surface area contributed by atoms with Crippen LogP contribution in [0.25, 0.3) is 0 Å². The van der Waals surface area contributed by atoms with E-state index in [1.165, 1.54) is 6.42 Å². The molecule has 2 fully saturated rings. The number of aliphatic hydroxyl groups excluding tert-OH is 1. The Labute approximate surface area is 90.6 Å². The minimum Gasteiger partial charge on any atom is -0.394 e. The lowest BCUT2D eigenvalue weighted by molar-refractivity contribution is -0.135. The summed E-state index contributed by atoms with van der Waals surface area (Å²) in [4.78, 5) is 14.0. The highest BCUT2D eigenvalue weighted by Gasteiger charge is 2.32. The van der Waals surface area contributed by atoms with Crippen LogP contribution >= 0.6 is 0 Å². The van der Waals surface area contributed by atoms with Crippen molar-refractivity contribution in [3.8, 4) is 0 Å². The van der Waals surface area contributed by atoms with Crippen LogP contribution in [-0.4, -0.2) is 47.7 Å². The van der Waals surface area contributed by atoms with Crippen molar-refractivity contribution in [1.82, 2.24) is 10.2 Å². The summed E-state index contributed by atoms with van der Waals surface area (Å²) in [5.41, 5.74) is 0. The Balaban J connectivity index is 1.93. The molecule has 2 aliphatic rings. The standard InChI is InChI=1S/C11H20N2O2/c14-8-9-4-3-7-13(9)11(15)10-5-1-2-6-12-10/h9-10,12,14H,1-8H2/t9-,10?/m1/s1. The number of hydrogen-bond donors (Lipinski definition) is 2. The Morgan fingerprint density at radius 3 is 2.87 bits per heavy atom. The van der Waals surface area contributed by atoms with E-state index in [-0.39, 0.29) is 24.6 Å². The Kier molecular flexibility index (Phi) is 3.59. The zero-order valence-corrected chi connectivity index (χ0v) is 9.11. The van der Waals surface area contributed by atoms with E-state index in [9.17, 15) is 4.79 Å². The highest BCUT2D eigenvalue weighted by atomic mass is 16.3. The second-order valence-corrected chi connectivity index (χ2v) is 4.51. The Morgan fingerprint density at radius 2 is 2.20 bits per heavy atom. The number of nitrogens with zero attached hydrogens (tertiary/aromatic N) is 1. The molecule has 2 rings (SSSR count). The fraction of sp³-hybridized carbons (Fsp3) is 0.909. The van der Waals surface area contributed by atoms with E-state index >= 15 is 0 Å². The number of rotatable bonds is 2. The molecule has 0 aromatic heterocycles. The van der Waals surface area contributed by atoms with Crippen LogP contribution < -0.4 is 5.32 Å². The third kappa shape index (κ3) is 2.32. The van der Waals surface area contributed by atoms with Crippen LogP contribution in [0.5, 0.6) is 0 Å². The van der Waals surface area contributed by atoms with Crippen molar-refractivity contribution in [2.75, 3.05) is 19.7 Å². The highest BCUT2D eigenvalue weighted by molar-refractivity contribution is 5.82. The Bertz CT molecular complexity index is 227. The number of carbonyl (C=O) groups excluding carboxylic acids is 1. The molecule has 1 amide bonds. The number of carbonyl (C=O) groups is 1. The van der Waals surface area contributed by atoms with Gasteiger partial charge in [-0.05, 0) is 32.2 Å². The number of hydrogen-bond acceptors (Lipinski definition) is 3. The van der Waals surface area contributed by atoms with Crippen molar-refractivity contribution in [2.45, 2.75) is 44.2 Å². The molecular formula is C11H20N2O2. The third-order valence-electron chi connectivity index (χ3n) is 3.48. The molecule has 2 atom stereocenters. The lowest BCUT2D eigenvalue weighted by atomic mass is 10.0. The van der Waals surface area contributed by atoms with Crippen LogP contribution in [0.2, 0.25) is 0 Å². The largest absolute Gasteiger partial charge is 0.394 e. The van der Waals surface area contributed by atoms with Crippen molar-refractivity contribution in [3.05, 3.63) is 0 Å². The van der Waals surface area contributed by atoms with Gasteiger partial charge in [0, 0.05) is 6.54 Å². The van der Waals surface area contributed by atoms with Gasteiger partial charge in [-0.15, -0.1) is 0 Å². The van der Waals surface area contributed by atoms with E-state index in [1.807, 2.05) is 4.90 Å². The average Bonchev–Trinajstić information content (AvgIpc) is 2.77. The second-order valence-electron chi connectivity index (χ2n) is 4.51. The first kappa shape index (κ1) is 10.9. The zero-order valence-electron chi connectivity index (χ0n) is 9.11. The minimum absolute atomic E-state index is 0.00546. The smallest absolute Gasteiger partial charge is 0.240 e. The van der Waals surface area contributed by atoms with Gasteiger partial charge >= 0.3 is 0 Å². The quantitative estimate of drug-likeness (QED) is 0.683. The van der Waals surface area contributed by atoms with Crippen LogP contribution in [0.1, 0.15) is 32.1 Å². The van der Waals surface area contributed by atoms with Crippen LogP contribution in [0.3, 0.4) is 0 Å². The molecule has 0 saturated carbocycles. The molecule has 15 heavy (non-hydrogen) atoms. The van der Waals surface area contributed by atoms with E-state index in [0.717, 1.165) is 38.8 Å². The maximum Gasteiger partial charge on any atom is 0.240 e. The first-order valence-electron chi connectivity index (χ1n) is 5.97. The number of likely N-dealkylation sites (tertiary alicyclic amines) is 1. The fourth-order valence-electron chi connectivity index (χ4n) is 2.58. The monoisotopic (exact) mass is 212 g/mol.